The Bertz CT molecular complexity index is 755. The van der Waals surface area contributed by atoms with Crippen molar-refractivity contribution in [1.29, 1.82) is 0 Å². The van der Waals surface area contributed by atoms with E-state index < -0.39 is 0 Å². The van der Waals surface area contributed by atoms with Gasteiger partial charge in [-0.25, -0.2) is 9.13 Å². The molecule has 0 aliphatic carbocycles. The van der Waals surface area contributed by atoms with Crippen molar-refractivity contribution in [3.05, 3.63) is 96.6 Å². The summed E-state index contributed by atoms with van der Waals surface area (Å²) in [6, 6.07) is 20.9. The number of rotatable bonds is 5. The van der Waals surface area contributed by atoms with Gasteiger partial charge >= 0.3 is 0 Å². The minimum atomic E-state index is 0.817. The van der Waals surface area contributed by atoms with Crippen molar-refractivity contribution in [1.82, 2.24) is 4.57 Å². The minimum absolute atomic E-state index is 0.817. The van der Waals surface area contributed by atoms with Crippen LogP contribution in [-0.4, -0.2) is 4.57 Å². The van der Waals surface area contributed by atoms with Crippen molar-refractivity contribution in [3.8, 4) is 0 Å². The molecule has 2 nitrogen and oxygen atoms in total. The molecule has 0 bridgehead atoms. The van der Waals surface area contributed by atoms with Crippen molar-refractivity contribution in [3.63, 3.8) is 0 Å². The highest BCUT2D eigenvalue weighted by molar-refractivity contribution is 5.61. The molecule has 0 radical (unpaired) electrons. The quantitative estimate of drug-likeness (QED) is 0.631. The third-order valence-corrected chi connectivity index (χ3v) is 4.00. The molecule has 0 atom stereocenters. The Hall–Kier alpha value is -2.61. The molecule has 1 heterocycles. The van der Waals surface area contributed by atoms with Gasteiger partial charge in [0.15, 0.2) is 0 Å². The van der Waals surface area contributed by atoms with Crippen LogP contribution in [0, 0.1) is 6.92 Å². The molecule has 0 N–H and O–H groups in total. The van der Waals surface area contributed by atoms with E-state index in [1.807, 2.05) is 6.07 Å². The lowest BCUT2D eigenvalue weighted by Gasteiger charge is -2.05. The molecule has 3 aromatic rings. The zero-order chi connectivity index (χ0) is 15.4. The SMILES string of the molecule is C=C(C[n+]1ccn(Cc2ccccc2)c1C)c1ccccc1. The van der Waals surface area contributed by atoms with Crippen LogP contribution in [0.1, 0.15) is 17.0 Å². The second-order valence-electron chi connectivity index (χ2n) is 5.56. The first-order chi connectivity index (χ1) is 10.7. The van der Waals surface area contributed by atoms with Crippen LogP contribution in [-0.2, 0) is 13.1 Å². The molecule has 0 fully saturated rings. The van der Waals surface area contributed by atoms with Crippen molar-refractivity contribution in [2.24, 2.45) is 0 Å². The number of aromatic nitrogens is 2. The number of imidazole rings is 1. The molecular weight excluding hydrogens is 268 g/mol. The maximum atomic E-state index is 4.22. The van der Waals surface area contributed by atoms with Gasteiger partial charge in [-0.1, -0.05) is 67.2 Å². The third kappa shape index (κ3) is 3.17. The highest BCUT2D eigenvalue weighted by Gasteiger charge is 2.13. The molecule has 110 valence electrons. The van der Waals surface area contributed by atoms with Crippen LogP contribution in [0.25, 0.3) is 5.57 Å². The molecule has 2 heteroatoms. The van der Waals surface area contributed by atoms with Crippen molar-refractivity contribution < 1.29 is 4.57 Å². The summed E-state index contributed by atoms with van der Waals surface area (Å²) < 4.78 is 4.52. The fourth-order valence-electron chi connectivity index (χ4n) is 2.63. The maximum absolute atomic E-state index is 4.22. The van der Waals surface area contributed by atoms with E-state index >= 15 is 0 Å². The highest BCUT2D eigenvalue weighted by Crippen LogP contribution is 2.12. The van der Waals surface area contributed by atoms with E-state index in [1.165, 1.54) is 17.0 Å². The van der Waals surface area contributed by atoms with E-state index in [4.69, 9.17) is 0 Å². The van der Waals surface area contributed by atoms with Crippen molar-refractivity contribution in [2.75, 3.05) is 0 Å². The van der Waals surface area contributed by atoms with E-state index in [0.29, 0.717) is 0 Å². The molecule has 0 saturated heterocycles. The van der Waals surface area contributed by atoms with E-state index in [9.17, 15) is 0 Å². The van der Waals surface area contributed by atoms with Gasteiger partial charge in [0.05, 0.1) is 0 Å². The molecular formula is C20H21N2+. The first-order valence-corrected chi connectivity index (χ1v) is 7.56. The average molecular weight is 289 g/mol. The third-order valence-electron chi connectivity index (χ3n) is 4.00. The predicted octanol–water partition coefficient (Wildman–Crippen LogP) is 3.85. The second kappa shape index (κ2) is 6.44. The van der Waals surface area contributed by atoms with Gasteiger partial charge in [-0.2, -0.15) is 0 Å². The molecule has 0 aliphatic heterocycles. The Kier molecular flexibility index (Phi) is 4.19. The van der Waals surface area contributed by atoms with Crippen LogP contribution in [0.15, 0.2) is 79.6 Å². The minimum Gasteiger partial charge on any atom is -0.230 e. The Labute approximate surface area is 132 Å². The Morgan fingerprint density at radius 2 is 1.64 bits per heavy atom. The molecule has 2 aromatic carbocycles. The van der Waals surface area contributed by atoms with Crippen LogP contribution in [0.2, 0.25) is 0 Å². The summed E-state index contributed by atoms with van der Waals surface area (Å²) in [6.07, 6.45) is 4.27. The van der Waals surface area contributed by atoms with Gasteiger partial charge in [0.25, 0.3) is 5.82 Å². The van der Waals surface area contributed by atoms with Crippen LogP contribution < -0.4 is 4.57 Å². The smallest absolute Gasteiger partial charge is 0.230 e. The summed E-state index contributed by atoms with van der Waals surface area (Å²) in [7, 11) is 0. The Morgan fingerprint density at radius 1 is 1.00 bits per heavy atom. The summed E-state index contributed by atoms with van der Waals surface area (Å²) in [6.45, 7) is 8.10. The largest absolute Gasteiger partial charge is 0.253 e. The second-order valence-corrected chi connectivity index (χ2v) is 5.56. The van der Waals surface area contributed by atoms with E-state index in [1.54, 1.807) is 0 Å². The summed E-state index contributed by atoms with van der Waals surface area (Å²) >= 11 is 0. The first-order valence-electron chi connectivity index (χ1n) is 7.56. The standard InChI is InChI=1S/C20H21N2/c1-17(20-11-7-4-8-12-20)15-21-13-14-22(18(21)2)16-19-9-5-3-6-10-19/h3-14H,1,15-16H2,2H3/q+1. The van der Waals surface area contributed by atoms with Crippen LogP contribution in [0.5, 0.6) is 0 Å². The van der Waals surface area contributed by atoms with Crippen molar-refractivity contribution >= 4 is 5.57 Å². The topological polar surface area (TPSA) is 8.81 Å². The Morgan fingerprint density at radius 3 is 2.32 bits per heavy atom. The number of hydrogen-bond acceptors (Lipinski definition) is 0. The number of allylic oxidation sites excluding steroid dienone is 1. The van der Waals surface area contributed by atoms with Gasteiger partial charge in [0.2, 0.25) is 0 Å². The fourth-order valence-corrected chi connectivity index (χ4v) is 2.63. The van der Waals surface area contributed by atoms with Crippen LogP contribution in [0.3, 0.4) is 0 Å². The molecule has 0 spiro atoms. The summed E-state index contributed by atoms with van der Waals surface area (Å²) in [4.78, 5) is 0. The summed E-state index contributed by atoms with van der Waals surface area (Å²) in [5.41, 5.74) is 3.65. The number of hydrogen-bond donors (Lipinski definition) is 0. The lowest BCUT2D eigenvalue weighted by Crippen LogP contribution is -2.36. The van der Waals surface area contributed by atoms with Gasteiger partial charge in [0, 0.05) is 6.92 Å². The number of benzene rings is 2. The molecule has 0 saturated carbocycles. The monoisotopic (exact) mass is 289 g/mol. The van der Waals surface area contributed by atoms with Gasteiger partial charge in [-0.05, 0) is 16.7 Å². The first kappa shape index (κ1) is 14.3. The average Bonchev–Trinajstić information content (AvgIpc) is 2.90. The van der Waals surface area contributed by atoms with Gasteiger partial charge in [0.1, 0.15) is 25.5 Å². The molecule has 3 rings (SSSR count). The summed E-state index contributed by atoms with van der Waals surface area (Å²) in [5, 5.41) is 0. The molecule has 0 aliphatic rings. The predicted molar refractivity (Wildman–Crippen MR) is 90.4 cm³/mol. The molecule has 22 heavy (non-hydrogen) atoms. The van der Waals surface area contributed by atoms with Crippen LogP contribution in [0.4, 0.5) is 0 Å². The lowest BCUT2D eigenvalue weighted by molar-refractivity contribution is -0.689. The molecule has 0 unspecified atom stereocenters. The van der Waals surface area contributed by atoms with Crippen molar-refractivity contribution in [2.45, 2.75) is 20.0 Å². The van der Waals surface area contributed by atoms with E-state index in [2.05, 4.69) is 89.6 Å². The van der Waals surface area contributed by atoms with E-state index in [-0.39, 0.29) is 0 Å². The Balaban J connectivity index is 1.75. The normalized spacial score (nSPS) is 10.6. The molecule has 1 aromatic heterocycles. The van der Waals surface area contributed by atoms with Crippen LogP contribution >= 0.6 is 0 Å². The zero-order valence-electron chi connectivity index (χ0n) is 12.9. The molecule has 0 amide bonds. The zero-order valence-corrected chi connectivity index (χ0v) is 12.9. The fraction of sp³-hybridized carbons (Fsp3) is 0.150. The van der Waals surface area contributed by atoms with Gasteiger partial charge in [-0.15, -0.1) is 0 Å². The van der Waals surface area contributed by atoms with Gasteiger partial charge in [-0.3, -0.25) is 0 Å². The van der Waals surface area contributed by atoms with E-state index in [0.717, 1.165) is 18.7 Å². The lowest BCUT2D eigenvalue weighted by atomic mass is 10.1. The summed E-state index contributed by atoms with van der Waals surface area (Å²) in [5.74, 6) is 1.24. The number of nitrogens with zero attached hydrogens (tertiary/aromatic N) is 2. The highest BCUT2D eigenvalue weighted by atomic mass is 15.1. The maximum Gasteiger partial charge on any atom is 0.253 e. The van der Waals surface area contributed by atoms with Gasteiger partial charge < -0.3 is 0 Å².